The first kappa shape index (κ1) is 21.3. The van der Waals surface area contributed by atoms with Crippen molar-refractivity contribution >= 4 is 46.8 Å². The molecule has 1 aromatic carbocycles. The number of halogens is 3. The number of hydrogen-bond donors (Lipinski definition) is 1. The van der Waals surface area contributed by atoms with E-state index in [1.54, 1.807) is 6.92 Å². The third-order valence-electron chi connectivity index (χ3n) is 4.09. The smallest absolute Gasteiger partial charge is 0.340 e. The van der Waals surface area contributed by atoms with Gasteiger partial charge in [-0.15, -0.1) is 0 Å². The van der Waals surface area contributed by atoms with Crippen molar-refractivity contribution in [2.75, 3.05) is 0 Å². The molecule has 0 aromatic heterocycles. The molecule has 0 aliphatic heterocycles. The number of aliphatic carboxylic acids is 1. The van der Waals surface area contributed by atoms with Gasteiger partial charge in [-0.25, -0.2) is 4.79 Å². The van der Waals surface area contributed by atoms with Gasteiger partial charge in [0.25, 0.3) is 0 Å². The van der Waals surface area contributed by atoms with Crippen molar-refractivity contribution in [2.24, 2.45) is 5.92 Å². The number of allylic oxidation sites excluding steroid dienone is 1. The van der Waals surface area contributed by atoms with Gasteiger partial charge in [-0.05, 0) is 37.0 Å². The molecular weight excluding hydrogens is 367 g/mol. The van der Waals surface area contributed by atoms with Crippen LogP contribution in [0.3, 0.4) is 0 Å². The summed E-state index contributed by atoms with van der Waals surface area (Å²) in [5.74, 6) is -1.41. The summed E-state index contributed by atoms with van der Waals surface area (Å²) in [7, 11) is 0. The minimum Gasteiger partial charge on any atom is -0.479 e. The highest BCUT2D eigenvalue weighted by Gasteiger charge is 2.39. The van der Waals surface area contributed by atoms with E-state index in [0.717, 1.165) is 49.1 Å². The molecule has 134 valence electrons. The molecule has 0 heterocycles. The third kappa shape index (κ3) is 7.92. The summed E-state index contributed by atoms with van der Waals surface area (Å²) in [6.45, 7) is 1.79. The van der Waals surface area contributed by atoms with E-state index >= 15 is 0 Å². The van der Waals surface area contributed by atoms with E-state index < -0.39 is 10.3 Å². The lowest BCUT2D eigenvalue weighted by atomic mass is 9.98. The first-order valence-electron chi connectivity index (χ1n) is 8.37. The van der Waals surface area contributed by atoms with Crippen LogP contribution in [0.4, 0.5) is 0 Å². The van der Waals surface area contributed by atoms with Gasteiger partial charge in [0.15, 0.2) is 0 Å². The Bertz CT molecular complexity index is 524. The minimum atomic E-state index is -1.67. The van der Waals surface area contributed by atoms with Gasteiger partial charge < -0.3 is 5.11 Å². The van der Waals surface area contributed by atoms with Crippen LogP contribution in [0.1, 0.15) is 57.4 Å². The Morgan fingerprint density at radius 3 is 2.33 bits per heavy atom. The lowest BCUT2D eigenvalue weighted by molar-refractivity contribution is -0.138. The van der Waals surface area contributed by atoms with Crippen LogP contribution in [-0.4, -0.2) is 15.4 Å². The van der Waals surface area contributed by atoms with Crippen LogP contribution in [0.15, 0.2) is 30.3 Å². The molecule has 0 saturated heterocycles. The van der Waals surface area contributed by atoms with Crippen LogP contribution >= 0.6 is 34.8 Å². The molecular formula is C19H25Cl3O2. The standard InChI is InChI=1S/C19H25Cl3O2/c1-15(19(21,22)18(23)24)9-7-5-3-2-4-6-8-10-16-11-13-17(20)14-12-16/h8,10-15H,2-7,9H2,1H3,(H,23,24). The van der Waals surface area contributed by atoms with Gasteiger partial charge in [-0.2, -0.15) is 0 Å². The Kier molecular flexibility index (Phi) is 9.80. The Balaban J connectivity index is 2.06. The van der Waals surface area contributed by atoms with Crippen molar-refractivity contribution < 1.29 is 9.90 Å². The van der Waals surface area contributed by atoms with E-state index in [4.69, 9.17) is 39.9 Å². The van der Waals surface area contributed by atoms with Crippen molar-refractivity contribution in [3.8, 4) is 0 Å². The topological polar surface area (TPSA) is 37.3 Å². The highest BCUT2D eigenvalue weighted by molar-refractivity contribution is 6.57. The highest BCUT2D eigenvalue weighted by Crippen LogP contribution is 2.34. The number of alkyl halides is 2. The van der Waals surface area contributed by atoms with Crippen molar-refractivity contribution in [3.05, 3.63) is 40.9 Å². The monoisotopic (exact) mass is 390 g/mol. The maximum absolute atomic E-state index is 10.9. The number of carboxylic acid groups (broad SMARTS) is 1. The fourth-order valence-electron chi connectivity index (χ4n) is 2.43. The summed E-state index contributed by atoms with van der Waals surface area (Å²) >= 11 is 17.5. The molecule has 1 aromatic rings. The van der Waals surface area contributed by atoms with Gasteiger partial charge >= 0.3 is 5.97 Å². The molecule has 1 atom stereocenters. The third-order valence-corrected chi connectivity index (χ3v) is 5.41. The number of rotatable bonds is 11. The maximum Gasteiger partial charge on any atom is 0.340 e. The number of benzene rings is 1. The molecule has 0 aliphatic rings. The number of unbranched alkanes of at least 4 members (excludes halogenated alkanes) is 5. The van der Waals surface area contributed by atoms with Crippen molar-refractivity contribution in [1.29, 1.82) is 0 Å². The molecule has 0 radical (unpaired) electrons. The van der Waals surface area contributed by atoms with Gasteiger partial charge in [-0.3, -0.25) is 0 Å². The summed E-state index contributed by atoms with van der Waals surface area (Å²) in [6.07, 6.45) is 11.6. The molecule has 1 unspecified atom stereocenters. The summed E-state index contributed by atoms with van der Waals surface area (Å²) in [6, 6.07) is 7.79. The lowest BCUT2D eigenvalue weighted by Gasteiger charge is -2.22. The zero-order chi connectivity index (χ0) is 18.0. The molecule has 2 nitrogen and oxygen atoms in total. The van der Waals surface area contributed by atoms with Crippen molar-refractivity contribution in [1.82, 2.24) is 0 Å². The molecule has 5 heteroatoms. The van der Waals surface area contributed by atoms with Crippen LogP contribution in [0, 0.1) is 5.92 Å². The molecule has 0 bridgehead atoms. The van der Waals surface area contributed by atoms with Crippen molar-refractivity contribution in [2.45, 2.75) is 56.2 Å². The first-order valence-corrected chi connectivity index (χ1v) is 9.50. The number of hydrogen-bond acceptors (Lipinski definition) is 1. The Morgan fingerprint density at radius 2 is 1.71 bits per heavy atom. The highest BCUT2D eigenvalue weighted by atomic mass is 35.5. The molecule has 0 amide bonds. The fourth-order valence-corrected chi connectivity index (χ4v) is 2.77. The predicted octanol–water partition coefficient (Wildman–Crippen LogP) is 6.98. The average Bonchev–Trinajstić information content (AvgIpc) is 2.54. The molecule has 1 N–H and O–H groups in total. The van der Waals surface area contributed by atoms with Crippen LogP contribution < -0.4 is 0 Å². The summed E-state index contributed by atoms with van der Waals surface area (Å²) in [4.78, 5) is 10.9. The van der Waals surface area contributed by atoms with E-state index in [1.165, 1.54) is 6.42 Å². The number of carbonyl (C=O) groups is 1. The Hall–Kier alpha value is -0.700. The zero-order valence-corrected chi connectivity index (χ0v) is 16.2. The second-order valence-corrected chi connectivity index (χ2v) is 7.95. The molecule has 0 fully saturated rings. The van der Waals surface area contributed by atoms with E-state index in [-0.39, 0.29) is 5.92 Å². The van der Waals surface area contributed by atoms with Gasteiger partial charge in [0.2, 0.25) is 4.33 Å². The maximum atomic E-state index is 10.9. The lowest BCUT2D eigenvalue weighted by Crippen LogP contribution is -2.33. The SMILES string of the molecule is CC(CCCCCCCC=Cc1ccc(Cl)cc1)C(Cl)(Cl)C(=O)O. The normalized spacial score (nSPS) is 13.3. The Labute approximate surface area is 159 Å². The van der Waals surface area contributed by atoms with E-state index in [1.807, 2.05) is 24.3 Å². The van der Waals surface area contributed by atoms with Gasteiger partial charge in [0.1, 0.15) is 0 Å². The van der Waals surface area contributed by atoms with Crippen molar-refractivity contribution in [3.63, 3.8) is 0 Å². The second kappa shape index (κ2) is 11.0. The first-order chi connectivity index (χ1) is 11.3. The number of carboxylic acids is 1. The van der Waals surface area contributed by atoms with Gasteiger partial charge in [0.05, 0.1) is 0 Å². The average molecular weight is 392 g/mol. The molecule has 1 rings (SSSR count). The zero-order valence-electron chi connectivity index (χ0n) is 14.0. The van der Waals surface area contributed by atoms with Gasteiger partial charge in [-0.1, -0.05) is 91.7 Å². The summed E-state index contributed by atoms with van der Waals surface area (Å²) < 4.78 is -1.67. The largest absolute Gasteiger partial charge is 0.479 e. The molecule has 0 saturated carbocycles. The minimum absolute atomic E-state index is 0.249. The molecule has 0 aliphatic carbocycles. The second-order valence-electron chi connectivity index (χ2n) is 6.13. The van der Waals surface area contributed by atoms with Gasteiger partial charge in [0, 0.05) is 10.9 Å². The van der Waals surface area contributed by atoms with Crippen LogP contribution in [0.2, 0.25) is 5.02 Å². The molecule has 0 spiro atoms. The summed E-state index contributed by atoms with van der Waals surface area (Å²) in [5, 5.41) is 9.71. The van der Waals surface area contributed by atoms with E-state index in [2.05, 4.69) is 12.2 Å². The van der Waals surface area contributed by atoms with Crippen LogP contribution in [-0.2, 0) is 4.79 Å². The summed E-state index contributed by atoms with van der Waals surface area (Å²) in [5.41, 5.74) is 1.16. The Morgan fingerprint density at radius 1 is 1.12 bits per heavy atom. The fraction of sp³-hybridized carbons (Fsp3) is 0.526. The predicted molar refractivity (Wildman–Crippen MR) is 104 cm³/mol. The van der Waals surface area contributed by atoms with E-state index in [0.29, 0.717) is 0 Å². The van der Waals surface area contributed by atoms with Crippen LogP contribution in [0.25, 0.3) is 6.08 Å². The van der Waals surface area contributed by atoms with E-state index in [9.17, 15) is 4.79 Å². The molecule has 24 heavy (non-hydrogen) atoms. The quantitative estimate of drug-likeness (QED) is 0.326. The van der Waals surface area contributed by atoms with Crippen LogP contribution in [0.5, 0.6) is 0 Å².